The number of benzene rings is 2. The smallest absolute Gasteiger partial charge is 0.311 e. The summed E-state index contributed by atoms with van der Waals surface area (Å²) in [5, 5.41) is 9.03. The summed E-state index contributed by atoms with van der Waals surface area (Å²) in [6.07, 6.45) is 1.39. The summed E-state index contributed by atoms with van der Waals surface area (Å²) in [5.74, 6) is 0.331. The van der Waals surface area contributed by atoms with E-state index in [1.807, 2.05) is 60.8 Å². The molecule has 0 radical (unpaired) electrons. The average molecular weight is 347 g/mol. The van der Waals surface area contributed by atoms with Crippen molar-refractivity contribution in [3.05, 3.63) is 72.2 Å². The van der Waals surface area contributed by atoms with Crippen LogP contribution in [0.5, 0.6) is 0 Å². The predicted molar refractivity (Wildman–Crippen MR) is 96.2 cm³/mol. The van der Waals surface area contributed by atoms with Crippen LogP contribution in [-0.4, -0.2) is 21.2 Å². The number of rotatable bonds is 5. The second kappa shape index (κ2) is 6.84. The first-order valence-electron chi connectivity index (χ1n) is 8.34. The maximum Gasteiger partial charge on any atom is 0.311 e. The van der Waals surface area contributed by atoms with Gasteiger partial charge in [-0.2, -0.15) is 0 Å². The van der Waals surface area contributed by atoms with Gasteiger partial charge in [0, 0.05) is 22.7 Å². The molecule has 1 atom stereocenters. The minimum atomic E-state index is -0.613. The van der Waals surface area contributed by atoms with Crippen molar-refractivity contribution in [3.63, 3.8) is 0 Å². The average Bonchev–Trinajstić information content (AvgIpc) is 3.30. The van der Waals surface area contributed by atoms with Gasteiger partial charge in [-0.1, -0.05) is 36.4 Å². The Morgan fingerprint density at radius 1 is 1.12 bits per heavy atom. The summed E-state index contributed by atoms with van der Waals surface area (Å²) in [5.41, 5.74) is 2.71. The molecule has 0 saturated heterocycles. The second-order valence-electron chi connectivity index (χ2n) is 5.98. The number of para-hydroxylation sites is 1. The zero-order chi connectivity index (χ0) is 17.9. The molecule has 0 amide bonds. The second-order valence-corrected chi connectivity index (χ2v) is 5.98. The van der Waals surface area contributed by atoms with Gasteiger partial charge in [0.1, 0.15) is 0 Å². The molecule has 0 aliphatic heterocycles. The van der Waals surface area contributed by atoms with Crippen LogP contribution in [-0.2, 0) is 16.0 Å². The molecule has 1 N–H and O–H groups in total. The molecule has 0 fully saturated rings. The van der Waals surface area contributed by atoms with Crippen molar-refractivity contribution < 1.29 is 13.9 Å². The third-order valence-electron chi connectivity index (χ3n) is 4.13. The Kier molecular flexibility index (Phi) is 4.23. The third kappa shape index (κ3) is 3.21. The van der Waals surface area contributed by atoms with Crippen LogP contribution in [0.25, 0.3) is 22.4 Å². The van der Waals surface area contributed by atoms with Gasteiger partial charge in [0.2, 0.25) is 5.89 Å². The Hall–Kier alpha value is -3.41. The van der Waals surface area contributed by atoms with E-state index in [2.05, 4.69) is 15.2 Å². The van der Waals surface area contributed by atoms with E-state index in [1.165, 1.54) is 0 Å². The van der Waals surface area contributed by atoms with Crippen LogP contribution < -0.4 is 0 Å². The van der Waals surface area contributed by atoms with Crippen molar-refractivity contribution in [2.75, 3.05) is 0 Å². The van der Waals surface area contributed by atoms with E-state index in [4.69, 9.17) is 9.15 Å². The number of ether oxygens (including phenoxy) is 1. The molecule has 0 bridgehead atoms. The van der Waals surface area contributed by atoms with E-state index in [-0.39, 0.29) is 18.3 Å². The van der Waals surface area contributed by atoms with Crippen molar-refractivity contribution in [1.29, 1.82) is 0 Å². The highest BCUT2D eigenvalue weighted by atomic mass is 16.6. The number of H-pyrrole nitrogens is 1. The number of aromatic amines is 1. The molecule has 26 heavy (non-hydrogen) atoms. The van der Waals surface area contributed by atoms with Gasteiger partial charge in [0.05, 0.1) is 6.42 Å². The molecular weight excluding hydrogens is 330 g/mol. The molecule has 4 aromatic rings. The van der Waals surface area contributed by atoms with Gasteiger partial charge in [-0.3, -0.25) is 4.79 Å². The lowest BCUT2D eigenvalue weighted by molar-refractivity contribution is -0.148. The maximum absolute atomic E-state index is 12.3. The van der Waals surface area contributed by atoms with Crippen molar-refractivity contribution in [2.45, 2.75) is 19.4 Å². The molecule has 6 heteroatoms. The van der Waals surface area contributed by atoms with Crippen molar-refractivity contribution >= 4 is 16.9 Å². The van der Waals surface area contributed by atoms with Gasteiger partial charge in [0.25, 0.3) is 5.89 Å². The number of carbonyl (C=O) groups is 1. The number of nitrogens with one attached hydrogen (secondary N) is 1. The summed E-state index contributed by atoms with van der Waals surface area (Å²) in [7, 11) is 0. The quantitative estimate of drug-likeness (QED) is 0.551. The summed E-state index contributed by atoms with van der Waals surface area (Å²) < 4.78 is 11.1. The van der Waals surface area contributed by atoms with Crippen molar-refractivity contribution in [1.82, 2.24) is 15.2 Å². The molecule has 4 rings (SSSR count). The highest BCUT2D eigenvalue weighted by molar-refractivity contribution is 5.87. The van der Waals surface area contributed by atoms with Crippen molar-refractivity contribution in [3.8, 4) is 11.5 Å². The zero-order valence-corrected chi connectivity index (χ0v) is 14.2. The largest absolute Gasteiger partial charge is 0.452 e. The van der Waals surface area contributed by atoms with E-state index in [0.29, 0.717) is 5.89 Å². The fourth-order valence-electron chi connectivity index (χ4n) is 2.82. The maximum atomic E-state index is 12.3. The van der Waals surface area contributed by atoms with Gasteiger partial charge in [0.15, 0.2) is 6.10 Å². The van der Waals surface area contributed by atoms with Crippen LogP contribution in [0.4, 0.5) is 0 Å². The lowest BCUT2D eigenvalue weighted by Crippen LogP contribution is -2.11. The Morgan fingerprint density at radius 2 is 1.88 bits per heavy atom. The molecule has 0 aliphatic rings. The minimum Gasteiger partial charge on any atom is -0.452 e. The zero-order valence-electron chi connectivity index (χ0n) is 14.2. The van der Waals surface area contributed by atoms with Gasteiger partial charge in [-0.25, -0.2) is 0 Å². The predicted octanol–water partition coefficient (Wildman–Crippen LogP) is 4.06. The first-order valence-corrected chi connectivity index (χ1v) is 8.34. The van der Waals surface area contributed by atoms with Crippen LogP contribution in [0.1, 0.15) is 24.5 Å². The van der Waals surface area contributed by atoms with Crippen LogP contribution in [0.2, 0.25) is 0 Å². The standard InChI is InChI=1S/C20H17N3O3/c1-13(19-22-23-20(26-19)14-7-3-2-4-8-14)25-18(24)11-15-12-21-17-10-6-5-9-16(15)17/h2-10,12-13,21H,11H2,1H3/t13-/m0/s1. The van der Waals surface area contributed by atoms with Crippen LogP contribution in [0.15, 0.2) is 65.2 Å². The Morgan fingerprint density at radius 3 is 2.73 bits per heavy atom. The number of aromatic nitrogens is 3. The molecule has 130 valence electrons. The van der Waals surface area contributed by atoms with E-state index >= 15 is 0 Å². The fourth-order valence-corrected chi connectivity index (χ4v) is 2.82. The molecule has 0 saturated carbocycles. The Balaban J connectivity index is 1.44. The van der Waals surface area contributed by atoms with E-state index in [1.54, 1.807) is 6.92 Å². The molecule has 6 nitrogen and oxygen atoms in total. The molecule has 2 aromatic carbocycles. The molecule has 2 heterocycles. The number of fused-ring (bicyclic) bond motifs is 1. The SMILES string of the molecule is C[C@H](OC(=O)Cc1c[nH]c2ccccc12)c1nnc(-c2ccccc2)o1. The number of carbonyl (C=O) groups excluding carboxylic acids is 1. The summed E-state index contributed by atoms with van der Waals surface area (Å²) in [6, 6.07) is 17.3. The highest BCUT2D eigenvalue weighted by Crippen LogP contribution is 2.23. The summed E-state index contributed by atoms with van der Waals surface area (Å²) >= 11 is 0. The number of nitrogens with zero attached hydrogens (tertiary/aromatic N) is 2. The molecule has 0 spiro atoms. The van der Waals surface area contributed by atoms with Gasteiger partial charge in [-0.15, -0.1) is 10.2 Å². The molecule has 0 aliphatic carbocycles. The fraction of sp³-hybridized carbons (Fsp3) is 0.150. The molecule has 0 unspecified atom stereocenters. The normalized spacial score (nSPS) is 12.2. The Labute approximate surface area is 149 Å². The number of hydrogen-bond acceptors (Lipinski definition) is 5. The summed E-state index contributed by atoms with van der Waals surface area (Å²) in [4.78, 5) is 15.4. The molecular formula is C20H17N3O3. The summed E-state index contributed by atoms with van der Waals surface area (Å²) in [6.45, 7) is 1.72. The lowest BCUT2D eigenvalue weighted by Gasteiger charge is -2.09. The van der Waals surface area contributed by atoms with E-state index in [0.717, 1.165) is 22.0 Å². The van der Waals surface area contributed by atoms with Crippen molar-refractivity contribution in [2.24, 2.45) is 0 Å². The van der Waals surface area contributed by atoms with E-state index in [9.17, 15) is 4.79 Å². The lowest BCUT2D eigenvalue weighted by atomic mass is 10.1. The van der Waals surface area contributed by atoms with Gasteiger partial charge >= 0.3 is 5.97 Å². The number of esters is 1. The third-order valence-corrected chi connectivity index (χ3v) is 4.13. The minimum absolute atomic E-state index is 0.175. The van der Waals surface area contributed by atoms with Gasteiger partial charge in [-0.05, 0) is 30.7 Å². The van der Waals surface area contributed by atoms with Crippen LogP contribution >= 0.6 is 0 Å². The Bertz CT molecular complexity index is 1040. The number of hydrogen-bond donors (Lipinski definition) is 1. The van der Waals surface area contributed by atoms with Crippen LogP contribution in [0.3, 0.4) is 0 Å². The van der Waals surface area contributed by atoms with E-state index < -0.39 is 6.10 Å². The highest BCUT2D eigenvalue weighted by Gasteiger charge is 2.20. The first-order chi connectivity index (χ1) is 12.7. The molecule has 2 aromatic heterocycles. The van der Waals surface area contributed by atoms with Gasteiger partial charge < -0.3 is 14.1 Å². The topological polar surface area (TPSA) is 81.0 Å². The monoisotopic (exact) mass is 347 g/mol. The first kappa shape index (κ1) is 16.1. The van der Waals surface area contributed by atoms with Crippen LogP contribution in [0, 0.1) is 0 Å².